The fraction of sp³-hybridized carbons (Fsp3) is 1.00. The van der Waals surface area contributed by atoms with E-state index in [9.17, 15) is 35.7 Å². The first-order chi connectivity index (χ1) is 11.8. The van der Waals surface area contributed by atoms with Crippen LogP contribution in [-0.4, -0.2) is 122 Å². The number of hydrogen-bond donors (Lipinski definition) is 8. The number of aliphatic hydroxyl groups excluding tert-OH is 8. The average molecular weight is 370 g/mol. The van der Waals surface area contributed by atoms with E-state index in [0.717, 1.165) is 0 Å². The maximum atomic E-state index is 9.99. The Morgan fingerprint density at radius 2 is 1.20 bits per heavy atom. The number of ether oxygens (including phenoxy) is 3. The molecule has 0 bridgehead atoms. The Morgan fingerprint density at radius 1 is 0.600 bits per heavy atom. The molecule has 0 aromatic heterocycles. The molecule has 0 saturated carbocycles. The van der Waals surface area contributed by atoms with Crippen LogP contribution < -0.4 is 0 Å². The van der Waals surface area contributed by atoms with Crippen molar-refractivity contribution in [2.24, 2.45) is 5.92 Å². The molecule has 148 valence electrons. The first-order valence-corrected chi connectivity index (χ1v) is 8.00. The molecule has 11 nitrogen and oxygen atoms in total. The summed E-state index contributed by atoms with van der Waals surface area (Å²) in [6.45, 7) is -1.53. The standard InChI is InChI=1S/C14H26O11/c15-1-6-5(9(17)13(21)14(22)25-6)3-23-4-8-11(19)12(20)10(18)7(2-16)24-8/h5-22H,1-4H2/t5-,6?,7?,8+,9-,10+,11?,12-,13?,14-/m1/s1. The summed E-state index contributed by atoms with van der Waals surface area (Å²) in [4.78, 5) is 0. The third kappa shape index (κ3) is 4.46. The molecule has 10 atom stereocenters. The van der Waals surface area contributed by atoms with E-state index < -0.39 is 74.3 Å². The smallest absolute Gasteiger partial charge is 0.183 e. The lowest BCUT2D eigenvalue weighted by atomic mass is 9.90. The first-order valence-electron chi connectivity index (χ1n) is 8.00. The minimum atomic E-state index is -1.63. The molecule has 0 aromatic carbocycles. The first kappa shape index (κ1) is 20.9. The Kier molecular flexibility index (Phi) is 7.49. The Morgan fingerprint density at radius 3 is 1.80 bits per heavy atom. The van der Waals surface area contributed by atoms with Gasteiger partial charge in [-0.2, -0.15) is 0 Å². The van der Waals surface area contributed by atoms with Crippen molar-refractivity contribution in [3.63, 3.8) is 0 Å². The van der Waals surface area contributed by atoms with Gasteiger partial charge in [0.1, 0.15) is 36.6 Å². The fourth-order valence-corrected chi connectivity index (χ4v) is 3.02. The molecule has 25 heavy (non-hydrogen) atoms. The Hall–Kier alpha value is -0.440. The highest BCUT2D eigenvalue weighted by molar-refractivity contribution is 4.92. The van der Waals surface area contributed by atoms with Crippen molar-refractivity contribution in [3.8, 4) is 0 Å². The van der Waals surface area contributed by atoms with Gasteiger partial charge in [0.2, 0.25) is 0 Å². The van der Waals surface area contributed by atoms with Gasteiger partial charge in [-0.15, -0.1) is 0 Å². The molecule has 0 radical (unpaired) electrons. The minimum Gasteiger partial charge on any atom is -0.394 e. The highest BCUT2D eigenvalue weighted by atomic mass is 16.6. The van der Waals surface area contributed by atoms with Gasteiger partial charge >= 0.3 is 0 Å². The predicted molar refractivity (Wildman–Crippen MR) is 78.1 cm³/mol. The van der Waals surface area contributed by atoms with Gasteiger partial charge in [-0.25, -0.2) is 0 Å². The summed E-state index contributed by atoms with van der Waals surface area (Å²) in [6, 6.07) is 0. The Balaban J connectivity index is 1.90. The second-order valence-electron chi connectivity index (χ2n) is 6.30. The van der Waals surface area contributed by atoms with E-state index in [-0.39, 0.29) is 13.2 Å². The van der Waals surface area contributed by atoms with E-state index in [1.54, 1.807) is 0 Å². The molecule has 2 aliphatic rings. The molecule has 2 fully saturated rings. The molecule has 0 amide bonds. The van der Waals surface area contributed by atoms with Crippen molar-refractivity contribution in [3.05, 3.63) is 0 Å². The van der Waals surface area contributed by atoms with Crippen LogP contribution in [0.2, 0.25) is 0 Å². The zero-order valence-corrected chi connectivity index (χ0v) is 13.4. The fourth-order valence-electron chi connectivity index (χ4n) is 3.02. The molecule has 2 rings (SSSR count). The highest BCUT2D eigenvalue weighted by Crippen LogP contribution is 2.26. The van der Waals surface area contributed by atoms with Gasteiger partial charge in [0, 0.05) is 5.92 Å². The van der Waals surface area contributed by atoms with Gasteiger partial charge in [-0.3, -0.25) is 0 Å². The van der Waals surface area contributed by atoms with Crippen molar-refractivity contribution in [1.82, 2.24) is 0 Å². The lowest BCUT2D eigenvalue weighted by Crippen LogP contribution is -2.60. The Labute approximate surface area is 143 Å². The molecule has 2 aliphatic heterocycles. The maximum absolute atomic E-state index is 9.99. The summed E-state index contributed by atoms with van der Waals surface area (Å²) in [7, 11) is 0. The molecule has 8 N–H and O–H groups in total. The molecule has 4 unspecified atom stereocenters. The molecular formula is C14H26O11. The summed E-state index contributed by atoms with van der Waals surface area (Å²) in [5, 5.41) is 76.7. The van der Waals surface area contributed by atoms with Gasteiger partial charge in [0.15, 0.2) is 6.29 Å². The quantitative estimate of drug-likeness (QED) is 0.223. The van der Waals surface area contributed by atoms with Crippen LogP contribution in [0.25, 0.3) is 0 Å². The largest absolute Gasteiger partial charge is 0.394 e. The van der Waals surface area contributed by atoms with Crippen molar-refractivity contribution in [2.75, 3.05) is 26.4 Å². The summed E-state index contributed by atoms with van der Waals surface area (Å²) >= 11 is 0. The topological polar surface area (TPSA) is 190 Å². The third-order valence-electron chi connectivity index (χ3n) is 4.64. The van der Waals surface area contributed by atoms with E-state index in [0.29, 0.717) is 0 Å². The molecule has 2 heterocycles. The van der Waals surface area contributed by atoms with E-state index in [4.69, 9.17) is 19.3 Å². The number of rotatable bonds is 6. The van der Waals surface area contributed by atoms with Crippen LogP contribution in [0, 0.1) is 5.92 Å². The monoisotopic (exact) mass is 370 g/mol. The van der Waals surface area contributed by atoms with Gasteiger partial charge in [0.25, 0.3) is 0 Å². The van der Waals surface area contributed by atoms with Crippen LogP contribution in [0.3, 0.4) is 0 Å². The second kappa shape index (κ2) is 8.97. The van der Waals surface area contributed by atoms with Crippen LogP contribution in [0.4, 0.5) is 0 Å². The van der Waals surface area contributed by atoms with E-state index in [1.807, 2.05) is 0 Å². The van der Waals surface area contributed by atoms with Gasteiger partial charge < -0.3 is 55.1 Å². The molecular weight excluding hydrogens is 344 g/mol. The lowest BCUT2D eigenvalue weighted by molar-refractivity contribution is -0.282. The summed E-state index contributed by atoms with van der Waals surface area (Å²) < 4.78 is 15.6. The van der Waals surface area contributed by atoms with Crippen LogP contribution in [0.5, 0.6) is 0 Å². The average Bonchev–Trinajstić information content (AvgIpc) is 2.61. The second-order valence-corrected chi connectivity index (χ2v) is 6.30. The summed E-state index contributed by atoms with van der Waals surface area (Å²) in [5.74, 6) is -0.853. The SMILES string of the molecule is OCC1O[C@@H](O)C(O)[C@H](O)[C@@H]1COC[C@@H]1OC(CO)[C@H](O)[C@@H](O)C1O. The van der Waals surface area contributed by atoms with Gasteiger partial charge in [-0.1, -0.05) is 0 Å². The molecule has 2 saturated heterocycles. The third-order valence-corrected chi connectivity index (χ3v) is 4.64. The van der Waals surface area contributed by atoms with E-state index in [2.05, 4.69) is 0 Å². The number of aliphatic hydroxyl groups is 8. The van der Waals surface area contributed by atoms with Crippen molar-refractivity contribution in [1.29, 1.82) is 0 Å². The van der Waals surface area contributed by atoms with E-state index >= 15 is 0 Å². The zero-order chi connectivity index (χ0) is 18.7. The Bertz CT molecular complexity index is 406. The lowest BCUT2D eigenvalue weighted by Gasteiger charge is -2.41. The number of hydrogen-bond acceptors (Lipinski definition) is 11. The van der Waals surface area contributed by atoms with Crippen LogP contribution >= 0.6 is 0 Å². The van der Waals surface area contributed by atoms with Crippen LogP contribution in [0.15, 0.2) is 0 Å². The van der Waals surface area contributed by atoms with Gasteiger partial charge in [-0.05, 0) is 0 Å². The minimum absolute atomic E-state index is 0.203. The summed E-state index contributed by atoms with van der Waals surface area (Å²) in [5.41, 5.74) is 0. The zero-order valence-electron chi connectivity index (χ0n) is 13.4. The van der Waals surface area contributed by atoms with Gasteiger partial charge in [0.05, 0.1) is 38.6 Å². The maximum Gasteiger partial charge on any atom is 0.183 e. The van der Waals surface area contributed by atoms with Crippen LogP contribution in [0.1, 0.15) is 0 Å². The molecule has 0 spiro atoms. The van der Waals surface area contributed by atoms with Crippen molar-refractivity contribution < 1.29 is 55.1 Å². The molecule has 0 aromatic rings. The molecule has 0 aliphatic carbocycles. The molecule has 11 heteroatoms. The normalized spacial score (nSPS) is 48.5. The van der Waals surface area contributed by atoms with Crippen LogP contribution in [-0.2, 0) is 14.2 Å². The van der Waals surface area contributed by atoms with E-state index in [1.165, 1.54) is 0 Å². The van der Waals surface area contributed by atoms with Crippen molar-refractivity contribution in [2.45, 2.75) is 55.1 Å². The highest BCUT2D eigenvalue weighted by Gasteiger charge is 2.45. The predicted octanol–water partition coefficient (Wildman–Crippen LogP) is -5.11. The van der Waals surface area contributed by atoms with Crippen molar-refractivity contribution >= 4 is 0 Å². The summed E-state index contributed by atoms with van der Waals surface area (Å²) in [6.07, 6.45) is -12.1.